The maximum atomic E-state index is 11.3. The van der Waals surface area contributed by atoms with Gasteiger partial charge in [0, 0.05) is 31.7 Å². The highest BCUT2D eigenvalue weighted by Crippen LogP contribution is 2.15. The van der Waals surface area contributed by atoms with Crippen LogP contribution in [0.15, 0.2) is 29.3 Å². The number of benzene rings is 1. The molecule has 0 aliphatic carbocycles. The zero-order valence-electron chi connectivity index (χ0n) is 15.5. The molecular formula is C19H30ClN5O. The van der Waals surface area contributed by atoms with Crippen molar-refractivity contribution in [1.82, 2.24) is 15.5 Å². The van der Waals surface area contributed by atoms with E-state index in [0.717, 1.165) is 69.4 Å². The molecule has 1 unspecified atom stereocenters. The van der Waals surface area contributed by atoms with E-state index in [9.17, 15) is 4.79 Å². The fraction of sp³-hybridized carbons (Fsp3) is 0.579. The number of hydrogen-bond acceptors (Lipinski definition) is 3. The van der Waals surface area contributed by atoms with Crippen molar-refractivity contribution >= 4 is 23.5 Å². The molecule has 144 valence electrons. The number of primary amides is 1. The first kappa shape index (κ1) is 20.5. The average molecular weight is 380 g/mol. The van der Waals surface area contributed by atoms with Gasteiger partial charge in [-0.2, -0.15) is 0 Å². The van der Waals surface area contributed by atoms with Crippen LogP contribution >= 0.6 is 11.6 Å². The van der Waals surface area contributed by atoms with Crippen LogP contribution in [0.2, 0.25) is 5.02 Å². The quantitative estimate of drug-likeness (QED) is 0.364. The minimum Gasteiger partial charge on any atom is -0.369 e. The van der Waals surface area contributed by atoms with Crippen LogP contribution in [-0.2, 0) is 11.2 Å². The third kappa shape index (κ3) is 7.22. The highest BCUT2D eigenvalue weighted by molar-refractivity contribution is 6.30. The molecule has 0 radical (unpaired) electrons. The lowest BCUT2D eigenvalue weighted by Crippen LogP contribution is -2.43. The highest BCUT2D eigenvalue weighted by Gasteiger charge is 2.23. The molecule has 1 atom stereocenters. The third-order valence-corrected chi connectivity index (χ3v) is 4.95. The molecule has 1 aliphatic heterocycles. The Morgan fingerprint density at radius 2 is 2.04 bits per heavy atom. The molecule has 0 spiro atoms. The van der Waals surface area contributed by atoms with E-state index in [1.54, 1.807) is 7.05 Å². The van der Waals surface area contributed by atoms with Crippen LogP contribution in [0.5, 0.6) is 0 Å². The highest BCUT2D eigenvalue weighted by atomic mass is 35.5. The van der Waals surface area contributed by atoms with Gasteiger partial charge in [-0.3, -0.25) is 9.79 Å². The topological polar surface area (TPSA) is 82.8 Å². The molecule has 7 heteroatoms. The Labute approximate surface area is 161 Å². The smallest absolute Gasteiger partial charge is 0.221 e. The normalized spacial score (nSPS) is 18.5. The van der Waals surface area contributed by atoms with Crippen LogP contribution in [0.4, 0.5) is 0 Å². The monoisotopic (exact) mass is 379 g/mol. The summed E-state index contributed by atoms with van der Waals surface area (Å²) < 4.78 is 0. The molecule has 1 aromatic carbocycles. The largest absolute Gasteiger partial charge is 0.369 e. The summed E-state index contributed by atoms with van der Waals surface area (Å²) in [7, 11) is 1.78. The molecule has 4 N–H and O–H groups in total. The van der Waals surface area contributed by atoms with Crippen molar-refractivity contribution < 1.29 is 4.79 Å². The summed E-state index contributed by atoms with van der Waals surface area (Å²) in [5, 5.41) is 7.42. The number of guanidine groups is 1. The molecule has 2 rings (SSSR count). The van der Waals surface area contributed by atoms with Gasteiger partial charge >= 0.3 is 0 Å². The van der Waals surface area contributed by atoms with E-state index in [4.69, 9.17) is 17.3 Å². The molecule has 1 amide bonds. The Balaban J connectivity index is 1.60. The van der Waals surface area contributed by atoms with Gasteiger partial charge in [-0.05, 0) is 56.5 Å². The van der Waals surface area contributed by atoms with Crippen LogP contribution in [0, 0.1) is 5.92 Å². The van der Waals surface area contributed by atoms with E-state index in [-0.39, 0.29) is 11.8 Å². The lowest BCUT2D eigenvalue weighted by molar-refractivity contribution is -0.123. The Kier molecular flexibility index (Phi) is 8.71. The second kappa shape index (κ2) is 11.0. The van der Waals surface area contributed by atoms with Crippen molar-refractivity contribution in [3.8, 4) is 0 Å². The Bertz CT molecular complexity index is 590. The lowest BCUT2D eigenvalue weighted by Gasteiger charge is -2.31. The number of carbonyl (C=O) groups is 1. The Morgan fingerprint density at radius 3 is 2.73 bits per heavy atom. The number of aliphatic imine (C=N–C) groups is 1. The summed E-state index contributed by atoms with van der Waals surface area (Å²) in [5.41, 5.74) is 6.67. The number of halogens is 1. The fourth-order valence-corrected chi connectivity index (χ4v) is 3.32. The first-order valence-electron chi connectivity index (χ1n) is 9.29. The first-order chi connectivity index (χ1) is 12.6. The summed E-state index contributed by atoms with van der Waals surface area (Å²) in [5.74, 6) is 0.657. The van der Waals surface area contributed by atoms with Gasteiger partial charge < -0.3 is 21.3 Å². The first-order valence-corrected chi connectivity index (χ1v) is 9.67. The zero-order chi connectivity index (χ0) is 18.8. The number of rotatable bonds is 8. The van der Waals surface area contributed by atoms with Crippen molar-refractivity contribution in [3.05, 3.63) is 34.9 Å². The van der Waals surface area contributed by atoms with E-state index in [1.807, 2.05) is 24.3 Å². The predicted octanol–water partition coefficient (Wildman–Crippen LogP) is 1.63. The van der Waals surface area contributed by atoms with E-state index >= 15 is 0 Å². The van der Waals surface area contributed by atoms with Crippen LogP contribution in [0.1, 0.15) is 24.8 Å². The number of carbonyl (C=O) groups excluding carboxylic acids is 1. The summed E-state index contributed by atoms with van der Waals surface area (Å²) in [4.78, 5) is 17.9. The molecule has 0 aromatic heterocycles. The third-order valence-electron chi connectivity index (χ3n) is 4.69. The maximum absolute atomic E-state index is 11.3. The van der Waals surface area contributed by atoms with E-state index in [2.05, 4.69) is 20.5 Å². The minimum atomic E-state index is -0.168. The molecule has 6 nitrogen and oxygen atoms in total. The van der Waals surface area contributed by atoms with Crippen molar-refractivity contribution in [2.75, 3.05) is 39.8 Å². The van der Waals surface area contributed by atoms with E-state index in [1.165, 1.54) is 5.56 Å². The molecule has 1 aromatic rings. The fourth-order valence-electron chi connectivity index (χ4n) is 3.20. The van der Waals surface area contributed by atoms with Crippen LogP contribution in [0.25, 0.3) is 0 Å². The van der Waals surface area contributed by atoms with Gasteiger partial charge in [0.15, 0.2) is 5.96 Å². The molecular weight excluding hydrogens is 350 g/mol. The summed E-state index contributed by atoms with van der Waals surface area (Å²) >= 11 is 5.90. The standard InChI is InChI=1S/C19H30ClN5O/c1-22-19(24-11-9-15-5-7-17(20)8-6-15)23-10-3-13-25-12-2-4-16(14-25)18(21)26/h5-8,16H,2-4,9-14H2,1H3,(H2,21,26)(H2,22,23,24). The summed E-state index contributed by atoms with van der Waals surface area (Å²) in [6.45, 7) is 4.48. The van der Waals surface area contributed by atoms with Gasteiger partial charge in [-0.15, -0.1) is 0 Å². The van der Waals surface area contributed by atoms with Crippen LogP contribution in [-0.4, -0.2) is 56.5 Å². The molecule has 26 heavy (non-hydrogen) atoms. The Hall–Kier alpha value is -1.79. The molecule has 0 saturated carbocycles. The number of nitrogens with zero attached hydrogens (tertiary/aromatic N) is 2. The number of likely N-dealkylation sites (tertiary alicyclic amines) is 1. The number of nitrogens with one attached hydrogen (secondary N) is 2. The van der Waals surface area contributed by atoms with Crippen molar-refractivity contribution in [1.29, 1.82) is 0 Å². The molecule has 0 bridgehead atoms. The van der Waals surface area contributed by atoms with Gasteiger partial charge in [0.05, 0.1) is 5.92 Å². The maximum Gasteiger partial charge on any atom is 0.221 e. The number of piperidine rings is 1. The predicted molar refractivity (Wildman–Crippen MR) is 107 cm³/mol. The lowest BCUT2D eigenvalue weighted by atomic mass is 9.97. The Morgan fingerprint density at radius 1 is 1.31 bits per heavy atom. The zero-order valence-corrected chi connectivity index (χ0v) is 16.3. The summed E-state index contributed by atoms with van der Waals surface area (Å²) in [6, 6.07) is 7.90. The van der Waals surface area contributed by atoms with Crippen molar-refractivity contribution in [2.45, 2.75) is 25.7 Å². The van der Waals surface area contributed by atoms with E-state index < -0.39 is 0 Å². The number of amides is 1. The van der Waals surface area contributed by atoms with Crippen LogP contribution < -0.4 is 16.4 Å². The van der Waals surface area contributed by atoms with Gasteiger partial charge in [0.1, 0.15) is 0 Å². The molecule has 1 aliphatic rings. The minimum absolute atomic E-state index is 0.0130. The van der Waals surface area contributed by atoms with Crippen molar-refractivity contribution in [3.63, 3.8) is 0 Å². The average Bonchev–Trinajstić information content (AvgIpc) is 2.65. The second-order valence-corrected chi connectivity index (χ2v) is 7.13. The summed E-state index contributed by atoms with van der Waals surface area (Å²) in [6.07, 6.45) is 3.90. The van der Waals surface area contributed by atoms with Gasteiger partial charge in [0.2, 0.25) is 5.91 Å². The molecule has 1 saturated heterocycles. The second-order valence-electron chi connectivity index (χ2n) is 6.70. The SMILES string of the molecule is CN=C(NCCCN1CCCC(C(N)=O)C1)NCCc1ccc(Cl)cc1. The van der Waals surface area contributed by atoms with Gasteiger partial charge in [0.25, 0.3) is 0 Å². The van der Waals surface area contributed by atoms with Crippen molar-refractivity contribution in [2.24, 2.45) is 16.6 Å². The van der Waals surface area contributed by atoms with Gasteiger partial charge in [-0.1, -0.05) is 23.7 Å². The van der Waals surface area contributed by atoms with E-state index in [0.29, 0.717) is 0 Å². The van der Waals surface area contributed by atoms with Gasteiger partial charge in [-0.25, -0.2) is 0 Å². The molecule has 1 fully saturated rings. The van der Waals surface area contributed by atoms with Crippen LogP contribution in [0.3, 0.4) is 0 Å². The number of nitrogens with two attached hydrogens (primary N) is 1. The number of hydrogen-bond donors (Lipinski definition) is 3. The molecule has 1 heterocycles.